The summed E-state index contributed by atoms with van der Waals surface area (Å²) in [7, 11) is 1.58. The quantitative estimate of drug-likeness (QED) is 0.743. The van der Waals surface area contributed by atoms with Crippen molar-refractivity contribution in [2.24, 2.45) is 0 Å². The molecule has 7 nitrogen and oxygen atoms in total. The Hall–Kier alpha value is -3.35. The summed E-state index contributed by atoms with van der Waals surface area (Å²) in [6, 6.07) is 12.4. The van der Waals surface area contributed by atoms with Gasteiger partial charge in [-0.3, -0.25) is 14.4 Å². The lowest BCUT2D eigenvalue weighted by atomic mass is 10.1. The van der Waals surface area contributed by atoms with Crippen LogP contribution in [0.15, 0.2) is 42.5 Å². The second kappa shape index (κ2) is 8.56. The number of para-hydroxylation sites is 1. The fourth-order valence-electron chi connectivity index (χ4n) is 3.01. The van der Waals surface area contributed by atoms with Gasteiger partial charge in [-0.2, -0.15) is 0 Å². The van der Waals surface area contributed by atoms with Crippen molar-refractivity contribution in [2.45, 2.75) is 19.9 Å². The van der Waals surface area contributed by atoms with Gasteiger partial charge in [0.1, 0.15) is 11.5 Å². The van der Waals surface area contributed by atoms with E-state index in [-0.39, 0.29) is 37.2 Å². The third kappa shape index (κ3) is 4.31. The van der Waals surface area contributed by atoms with Crippen molar-refractivity contribution in [1.29, 1.82) is 0 Å². The molecule has 2 aromatic rings. The summed E-state index contributed by atoms with van der Waals surface area (Å²) < 4.78 is 10.7. The van der Waals surface area contributed by atoms with E-state index in [0.29, 0.717) is 29.3 Å². The van der Waals surface area contributed by atoms with E-state index in [9.17, 15) is 14.4 Å². The molecule has 0 radical (unpaired) electrons. The second-order valence-corrected chi connectivity index (χ2v) is 6.41. The molecular formula is C21H22N2O5. The Balaban J connectivity index is 1.64. The smallest absolute Gasteiger partial charge is 0.265 e. The van der Waals surface area contributed by atoms with Gasteiger partial charge >= 0.3 is 0 Å². The minimum absolute atomic E-state index is 0.0880. The number of nitrogens with one attached hydrogen (secondary N) is 1. The summed E-state index contributed by atoms with van der Waals surface area (Å²) in [5, 5.41) is 2.84. The molecule has 0 aromatic heterocycles. The van der Waals surface area contributed by atoms with E-state index in [1.54, 1.807) is 25.3 Å². The highest BCUT2D eigenvalue weighted by Crippen LogP contribution is 2.33. The average Bonchev–Trinajstić information content (AvgIpc) is 2.71. The Morgan fingerprint density at radius 2 is 2.00 bits per heavy atom. The number of Topliss-reactive ketones (excluding diaryl/α,β-unsaturated/α-hetero) is 1. The lowest BCUT2D eigenvalue weighted by molar-refractivity contribution is -0.122. The Labute approximate surface area is 163 Å². The molecule has 146 valence electrons. The number of rotatable bonds is 7. The Bertz CT molecular complexity index is 909. The van der Waals surface area contributed by atoms with Crippen LogP contribution in [0.1, 0.15) is 29.3 Å². The van der Waals surface area contributed by atoms with E-state index in [0.717, 1.165) is 5.56 Å². The monoisotopic (exact) mass is 382 g/mol. The largest absolute Gasteiger partial charge is 0.496 e. The van der Waals surface area contributed by atoms with Gasteiger partial charge in [0.2, 0.25) is 5.91 Å². The zero-order valence-corrected chi connectivity index (χ0v) is 15.9. The van der Waals surface area contributed by atoms with Crippen molar-refractivity contribution in [3.63, 3.8) is 0 Å². The SMILES string of the molecule is COc1ccccc1CNC(=O)CCN1C(=O)COc2ccc(C(C)=O)cc21. The number of amides is 2. The topological polar surface area (TPSA) is 84.9 Å². The van der Waals surface area contributed by atoms with Crippen LogP contribution in [0.2, 0.25) is 0 Å². The van der Waals surface area contributed by atoms with Gasteiger partial charge in [-0.15, -0.1) is 0 Å². The van der Waals surface area contributed by atoms with Gasteiger partial charge in [-0.25, -0.2) is 0 Å². The standard InChI is InChI=1S/C21H22N2O5/c1-14(24)15-7-8-19-17(11-15)23(21(26)13-28-19)10-9-20(25)22-12-16-5-3-4-6-18(16)27-2/h3-8,11H,9-10,12-13H2,1-2H3,(H,22,25). The van der Waals surface area contributed by atoms with Gasteiger partial charge in [0, 0.05) is 30.6 Å². The molecule has 7 heteroatoms. The fraction of sp³-hybridized carbons (Fsp3) is 0.286. The van der Waals surface area contributed by atoms with E-state index >= 15 is 0 Å². The number of nitrogens with zero attached hydrogens (tertiary/aromatic N) is 1. The summed E-state index contributed by atoms with van der Waals surface area (Å²) in [5.41, 5.74) is 1.88. The molecule has 1 heterocycles. The minimum Gasteiger partial charge on any atom is -0.496 e. The molecule has 0 spiro atoms. The zero-order valence-electron chi connectivity index (χ0n) is 15.9. The predicted octanol–water partition coefficient (Wildman–Crippen LogP) is 2.33. The van der Waals surface area contributed by atoms with E-state index in [4.69, 9.17) is 9.47 Å². The summed E-state index contributed by atoms with van der Waals surface area (Å²) in [6.45, 7) is 1.91. The first-order valence-corrected chi connectivity index (χ1v) is 8.96. The molecule has 1 aliphatic rings. The number of hydrogen-bond donors (Lipinski definition) is 1. The molecule has 28 heavy (non-hydrogen) atoms. The maximum absolute atomic E-state index is 12.3. The van der Waals surface area contributed by atoms with Gasteiger partial charge in [-0.05, 0) is 31.2 Å². The lowest BCUT2D eigenvalue weighted by Crippen LogP contribution is -2.41. The first kappa shape index (κ1) is 19.4. The van der Waals surface area contributed by atoms with Crippen molar-refractivity contribution in [3.05, 3.63) is 53.6 Å². The van der Waals surface area contributed by atoms with Crippen LogP contribution >= 0.6 is 0 Å². The molecule has 0 fully saturated rings. The number of carbonyl (C=O) groups is 3. The van der Waals surface area contributed by atoms with E-state index < -0.39 is 0 Å². The number of ketones is 1. The highest BCUT2D eigenvalue weighted by Gasteiger charge is 2.26. The molecule has 0 unspecified atom stereocenters. The van der Waals surface area contributed by atoms with Crippen LogP contribution in [0.3, 0.4) is 0 Å². The van der Waals surface area contributed by atoms with Gasteiger partial charge in [0.15, 0.2) is 12.4 Å². The molecule has 0 bridgehead atoms. The summed E-state index contributed by atoms with van der Waals surface area (Å²) in [5.74, 6) is 0.700. The molecule has 1 N–H and O–H groups in total. The number of benzene rings is 2. The molecular weight excluding hydrogens is 360 g/mol. The van der Waals surface area contributed by atoms with Gasteiger partial charge in [0.05, 0.1) is 12.8 Å². The Kier molecular flexibility index (Phi) is 5.93. The molecule has 0 aliphatic carbocycles. The third-order valence-electron chi connectivity index (χ3n) is 4.54. The molecule has 1 aliphatic heterocycles. The zero-order chi connectivity index (χ0) is 20.1. The summed E-state index contributed by atoms with van der Waals surface area (Å²) >= 11 is 0. The van der Waals surface area contributed by atoms with Gasteiger partial charge in [-0.1, -0.05) is 18.2 Å². The third-order valence-corrected chi connectivity index (χ3v) is 4.54. The first-order valence-electron chi connectivity index (χ1n) is 8.96. The van der Waals surface area contributed by atoms with E-state index in [1.165, 1.54) is 11.8 Å². The average molecular weight is 382 g/mol. The highest BCUT2D eigenvalue weighted by molar-refractivity contribution is 6.01. The van der Waals surface area contributed by atoms with Crippen LogP contribution in [0.25, 0.3) is 0 Å². The number of carbonyl (C=O) groups excluding carboxylic acids is 3. The number of hydrogen-bond acceptors (Lipinski definition) is 5. The van der Waals surface area contributed by atoms with Gasteiger partial charge in [0.25, 0.3) is 5.91 Å². The van der Waals surface area contributed by atoms with Crippen LogP contribution in [0.4, 0.5) is 5.69 Å². The number of ether oxygens (including phenoxy) is 2. The van der Waals surface area contributed by atoms with Crippen molar-refractivity contribution in [3.8, 4) is 11.5 Å². The molecule has 0 saturated heterocycles. The summed E-state index contributed by atoms with van der Waals surface area (Å²) in [4.78, 5) is 37.7. The number of methoxy groups -OCH3 is 1. The Morgan fingerprint density at radius 3 is 2.75 bits per heavy atom. The molecule has 2 amide bonds. The Morgan fingerprint density at radius 1 is 1.21 bits per heavy atom. The maximum atomic E-state index is 12.3. The summed E-state index contributed by atoms with van der Waals surface area (Å²) in [6.07, 6.45) is 0.130. The van der Waals surface area contributed by atoms with Crippen LogP contribution in [-0.2, 0) is 16.1 Å². The normalized spacial score (nSPS) is 12.8. The van der Waals surface area contributed by atoms with E-state index in [2.05, 4.69) is 5.32 Å². The second-order valence-electron chi connectivity index (χ2n) is 6.41. The maximum Gasteiger partial charge on any atom is 0.265 e. The molecule has 3 rings (SSSR count). The van der Waals surface area contributed by atoms with Crippen molar-refractivity contribution >= 4 is 23.3 Å². The van der Waals surface area contributed by atoms with Crippen LogP contribution in [0, 0.1) is 0 Å². The van der Waals surface area contributed by atoms with Crippen molar-refractivity contribution in [1.82, 2.24) is 5.32 Å². The number of fused-ring (bicyclic) bond motifs is 1. The van der Waals surface area contributed by atoms with Crippen molar-refractivity contribution in [2.75, 3.05) is 25.2 Å². The van der Waals surface area contributed by atoms with E-state index in [1.807, 2.05) is 24.3 Å². The van der Waals surface area contributed by atoms with Crippen LogP contribution in [0.5, 0.6) is 11.5 Å². The predicted molar refractivity (Wildman–Crippen MR) is 104 cm³/mol. The fourth-order valence-corrected chi connectivity index (χ4v) is 3.01. The van der Waals surface area contributed by atoms with Crippen LogP contribution < -0.4 is 19.7 Å². The molecule has 2 aromatic carbocycles. The lowest BCUT2D eigenvalue weighted by Gasteiger charge is -2.29. The van der Waals surface area contributed by atoms with Gasteiger partial charge < -0.3 is 19.7 Å². The first-order chi connectivity index (χ1) is 13.5. The minimum atomic E-state index is -0.245. The highest BCUT2D eigenvalue weighted by atomic mass is 16.5. The molecule has 0 saturated carbocycles. The number of anilines is 1. The van der Waals surface area contributed by atoms with Crippen LogP contribution in [-0.4, -0.2) is 37.9 Å². The molecule has 0 atom stereocenters. The van der Waals surface area contributed by atoms with Crippen molar-refractivity contribution < 1.29 is 23.9 Å².